The Morgan fingerprint density at radius 2 is 1.93 bits per heavy atom. The van der Waals surface area contributed by atoms with Gasteiger partial charge >= 0.3 is 0 Å². The van der Waals surface area contributed by atoms with E-state index in [9.17, 15) is 0 Å². The first-order chi connectivity index (χ1) is 6.48. The molecule has 0 amide bonds. The largest absolute Gasteiger partial charge is 0.372 e. The molecule has 2 nitrogen and oxygen atoms in total. The van der Waals surface area contributed by atoms with E-state index in [1.165, 1.54) is 25.7 Å². The van der Waals surface area contributed by atoms with Crippen molar-refractivity contribution in [2.24, 2.45) is 17.1 Å². The van der Waals surface area contributed by atoms with Gasteiger partial charge in [-0.1, -0.05) is 6.42 Å². The fourth-order valence-electron chi connectivity index (χ4n) is 3.07. The van der Waals surface area contributed by atoms with Gasteiger partial charge in [0.15, 0.2) is 0 Å². The summed E-state index contributed by atoms with van der Waals surface area (Å²) in [4.78, 5) is 0. The fourth-order valence-corrected chi connectivity index (χ4v) is 3.07. The molecule has 15 heavy (non-hydrogen) atoms. The highest BCUT2D eigenvalue weighted by atomic mass is 35.5. The van der Waals surface area contributed by atoms with Gasteiger partial charge in [-0.15, -0.1) is 12.4 Å². The zero-order valence-corrected chi connectivity index (χ0v) is 10.9. The minimum Gasteiger partial charge on any atom is -0.372 e. The first-order valence-corrected chi connectivity index (χ1v) is 5.86. The van der Waals surface area contributed by atoms with Gasteiger partial charge < -0.3 is 10.5 Å². The molecule has 1 spiro atoms. The second kappa shape index (κ2) is 4.23. The third kappa shape index (κ3) is 2.17. The zero-order valence-electron chi connectivity index (χ0n) is 10.1. The average molecular weight is 234 g/mol. The van der Waals surface area contributed by atoms with Gasteiger partial charge in [0, 0.05) is 5.41 Å². The summed E-state index contributed by atoms with van der Waals surface area (Å²) in [5, 5.41) is 0. The van der Waals surface area contributed by atoms with Crippen molar-refractivity contribution < 1.29 is 4.74 Å². The number of hydrogen-bond acceptors (Lipinski definition) is 2. The van der Waals surface area contributed by atoms with E-state index < -0.39 is 0 Å². The van der Waals surface area contributed by atoms with Gasteiger partial charge in [-0.3, -0.25) is 0 Å². The Labute approximate surface area is 99.3 Å². The lowest BCUT2D eigenvalue weighted by molar-refractivity contribution is -0.229. The SMILES string of the molecule is CC(C)(C)O[C@@H]1C[C@H](CN)C12CCC2.Cl. The van der Waals surface area contributed by atoms with Crippen molar-refractivity contribution in [3.8, 4) is 0 Å². The van der Waals surface area contributed by atoms with Crippen molar-refractivity contribution >= 4 is 12.4 Å². The van der Waals surface area contributed by atoms with Crippen LogP contribution in [0.15, 0.2) is 0 Å². The third-order valence-electron chi connectivity index (χ3n) is 4.02. The number of ether oxygens (including phenoxy) is 1. The van der Waals surface area contributed by atoms with Crippen molar-refractivity contribution in [3.05, 3.63) is 0 Å². The minimum atomic E-state index is 0. The van der Waals surface area contributed by atoms with Crippen LogP contribution in [0.25, 0.3) is 0 Å². The molecular weight excluding hydrogens is 210 g/mol. The maximum absolute atomic E-state index is 6.11. The highest BCUT2D eigenvalue weighted by Gasteiger charge is 2.58. The molecule has 0 aromatic rings. The van der Waals surface area contributed by atoms with Crippen molar-refractivity contribution in [3.63, 3.8) is 0 Å². The van der Waals surface area contributed by atoms with Gasteiger partial charge in [-0.25, -0.2) is 0 Å². The predicted molar refractivity (Wildman–Crippen MR) is 65.3 cm³/mol. The molecule has 2 rings (SSSR count). The highest BCUT2D eigenvalue weighted by Crippen LogP contribution is 2.61. The van der Waals surface area contributed by atoms with Gasteiger partial charge in [0.2, 0.25) is 0 Å². The molecule has 0 aliphatic heterocycles. The van der Waals surface area contributed by atoms with Crippen LogP contribution < -0.4 is 5.73 Å². The summed E-state index contributed by atoms with van der Waals surface area (Å²) in [5.41, 5.74) is 6.28. The first kappa shape index (κ1) is 13.3. The molecule has 0 bridgehead atoms. The number of rotatable bonds is 2. The Kier molecular flexibility index (Phi) is 3.74. The smallest absolute Gasteiger partial charge is 0.0644 e. The lowest BCUT2D eigenvalue weighted by atomic mass is 9.48. The molecule has 0 unspecified atom stereocenters. The van der Waals surface area contributed by atoms with E-state index in [1.807, 2.05) is 0 Å². The number of nitrogens with two attached hydrogens (primary N) is 1. The normalized spacial score (nSPS) is 32.8. The lowest BCUT2D eigenvalue weighted by Gasteiger charge is -2.62. The van der Waals surface area contributed by atoms with Gasteiger partial charge in [0.1, 0.15) is 0 Å². The molecule has 0 aromatic heterocycles. The second-order valence-electron chi connectivity index (χ2n) is 5.97. The van der Waals surface area contributed by atoms with Crippen LogP contribution in [0, 0.1) is 11.3 Å². The molecule has 2 aliphatic carbocycles. The molecule has 2 saturated carbocycles. The zero-order chi connectivity index (χ0) is 10.4. The number of halogens is 1. The van der Waals surface area contributed by atoms with E-state index >= 15 is 0 Å². The van der Waals surface area contributed by atoms with E-state index in [1.54, 1.807) is 0 Å². The molecule has 0 saturated heterocycles. The van der Waals surface area contributed by atoms with Crippen LogP contribution in [0.2, 0.25) is 0 Å². The van der Waals surface area contributed by atoms with Gasteiger partial charge in [0.05, 0.1) is 11.7 Å². The monoisotopic (exact) mass is 233 g/mol. The van der Waals surface area contributed by atoms with Crippen LogP contribution in [-0.2, 0) is 4.74 Å². The molecule has 0 aromatic carbocycles. The van der Waals surface area contributed by atoms with Gasteiger partial charge in [0.25, 0.3) is 0 Å². The fraction of sp³-hybridized carbons (Fsp3) is 1.00. The Morgan fingerprint density at radius 3 is 2.27 bits per heavy atom. The Balaban J connectivity index is 0.00000112. The summed E-state index contributed by atoms with van der Waals surface area (Å²) in [6, 6.07) is 0. The summed E-state index contributed by atoms with van der Waals surface area (Å²) in [6.07, 6.45) is 5.74. The van der Waals surface area contributed by atoms with Crippen molar-refractivity contribution in [2.75, 3.05) is 6.54 Å². The summed E-state index contributed by atoms with van der Waals surface area (Å²) in [7, 11) is 0. The lowest BCUT2D eigenvalue weighted by Crippen LogP contribution is -2.61. The van der Waals surface area contributed by atoms with Crippen molar-refractivity contribution in [1.29, 1.82) is 0 Å². The van der Waals surface area contributed by atoms with E-state index in [2.05, 4.69) is 20.8 Å². The average Bonchev–Trinajstić information content (AvgIpc) is 1.91. The minimum absolute atomic E-state index is 0. The van der Waals surface area contributed by atoms with Crippen LogP contribution in [0.1, 0.15) is 46.5 Å². The van der Waals surface area contributed by atoms with Crippen LogP contribution in [0.4, 0.5) is 0 Å². The molecule has 2 N–H and O–H groups in total. The first-order valence-electron chi connectivity index (χ1n) is 5.86. The van der Waals surface area contributed by atoms with E-state index in [4.69, 9.17) is 10.5 Å². The maximum Gasteiger partial charge on any atom is 0.0644 e. The molecule has 2 atom stereocenters. The molecule has 2 aliphatic rings. The Hall–Kier alpha value is 0.210. The van der Waals surface area contributed by atoms with Crippen molar-refractivity contribution in [1.82, 2.24) is 0 Å². The quantitative estimate of drug-likeness (QED) is 0.796. The van der Waals surface area contributed by atoms with Crippen LogP contribution in [-0.4, -0.2) is 18.2 Å². The topological polar surface area (TPSA) is 35.2 Å². The van der Waals surface area contributed by atoms with Gasteiger partial charge in [-0.05, 0) is 52.5 Å². The maximum atomic E-state index is 6.11. The van der Waals surface area contributed by atoms with Crippen LogP contribution >= 0.6 is 12.4 Å². The molecule has 3 heteroatoms. The molecule has 0 heterocycles. The van der Waals surface area contributed by atoms with Crippen molar-refractivity contribution in [2.45, 2.75) is 58.2 Å². The Bertz CT molecular complexity index is 220. The Morgan fingerprint density at radius 1 is 1.33 bits per heavy atom. The predicted octanol–water partition coefficient (Wildman–Crippen LogP) is 2.74. The summed E-state index contributed by atoms with van der Waals surface area (Å²) in [5.74, 6) is 0.739. The van der Waals surface area contributed by atoms with E-state index in [0.29, 0.717) is 11.5 Å². The molecule has 0 radical (unpaired) electrons. The third-order valence-corrected chi connectivity index (χ3v) is 4.02. The molecule has 90 valence electrons. The number of hydrogen-bond donors (Lipinski definition) is 1. The second-order valence-corrected chi connectivity index (χ2v) is 5.97. The highest BCUT2D eigenvalue weighted by molar-refractivity contribution is 5.85. The van der Waals surface area contributed by atoms with E-state index in [0.717, 1.165) is 12.5 Å². The summed E-state index contributed by atoms with van der Waals surface area (Å²) < 4.78 is 6.11. The van der Waals surface area contributed by atoms with E-state index in [-0.39, 0.29) is 18.0 Å². The van der Waals surface area contributed by atoms with Gasteiger partial charge in [-0.2, -0.15) is 0 Å². The molecular formula is C12H24ClNO. The molecule has 2 fully saturated rings. The summed E-state index contributed by atoms with van der Waals surface area (Å²) in [6.45, 7) is 7.30. The standard InChI is InChI=1S/C12H23NO.ClH/c1-11(2,3)14-10-7-9(8-13)12(10)5-4-6-12;/h9-10H,4-8,13H2,1-3H3;1H/t9-,10-;/m1./s1. The van der Waals surface area contributed by atoms with Crippen LogP contribution in [0.5, 0.6) is 0 Å². The summed E-state index contributed by atoms with van der Waals surface area (Å²) >= 11 is 0. The van der Waals surface area contributed by atoms with Crippen LogP contribution in [0.3, 0.4) is 0 Å².